The zero-order valence-electron chi connectivity index (χ0n) is 11.7. The van der Waals surface area contributed by atoms with E-state index in [4.69, 9.17) is 0 Å². The van der Waals surface area contributed by atoms with Crippen LogP contribution < -0.4 is 0 Å². The minimum Gasteiger partial charge on any atom is -0.339 e. The lowest BCUT2D eigenvalue weighted by atomic mass is 10.1. The van der Waals surface area contributed by atoms with Crippen molar-refractivity contribution in [2.24, 2.45) is 0 Å². The molecule has 0 atom stereocenters. The van der Waals surface area contributed by atoms with Crippen molar-refractivity contribution < 1.29 is 4.79 Å². The van der Waals surface area contributed by atoms with Gasteiger partial charge < -0.3 is 9.47 Å². The molecule has 1 amide bonds. The summed E-state index contributed by atoms with van der Waals surface area (Å²) in [5, 5.41) is 0. The number of amides is 1. The first-order chi connectivity index (χ1) is 9.84. The van der Waals surface area contributed by atoms with E-state index in [1.807, 2.05) is 58.3 Å². The fourth-order valence-corrected chi connectivity index (χ4v) is 2.76. The lowest BCUT2D eigenvalue weighted by Gasteiger charge is -2.20. The van der Waals surface area contributed by atoms with Crippen LogP contribution in [-0.4, -0.2) is 28.5 Å². The summed E-state index contributed by atoms with van der Waals surface area (Å²) in [5.41, 5.74) is 1.83. The minimum atomic E-state index is 0.168. The molecule has 0 saturated carbocycles. The predicted molar refractivity (Wildman–Crippen MR) is 80.1 cm³/mol. The Hall–Kier alpha value is -2.03. The van der Waals surface area contributed by atoms with Crippen LogP contribution in [0.2, 0.25) is 0 Å². The molecule has 0 N–H and O–H groups in total. The lowest BCUT2D eigenvalue weighted by Crippen LogP contribution is -2.31. The summed E-state index contributed by atoms with van der Waals surface area (Å²) >= 11 is 0. The molecule has 0 radical (unpaired) electrons. The van der Waals surface area contributed by atoms with Gasteiger partial charge in [-0.1, -0.05) is 18.9 Å². The number of likely N-dealkylation sites (tertiary alicyclic amines) is 1. The van der Waals surface area contributed by atoms with Crippen molar-refractivity contribution in [2.45, 2.75) is 25.7 Å². The molecule has 1 aromatic carbocycles. The van der Waals surface area contributed by atoms with Crippen molar-refractivity contribution in [1.29, 1.82) is 0 Å². The van der Waals surface area contributed by atoms with Crippen LogP contribution in [0, 0.1) is 0 Å². The Balaban J connectivity index is 1.82. The van der Waals surface area contributed by atoms with E-state index in [-0.39, 0.29) is 5.91 Å². The molecule has 3 rings (SSSR count). The van der Waals surface area contributed by atoms with Crippen LogP contribution in [0.5, 0.6) is 0 Å². The van der Waals surface area contributed by atoms with E-state index in [0.29, 0.717) is 0 Å². The molecule has 1 fully saturated rings. The third-order valence-electron chi connectivity index (χ3n) is 3.89. The van der Waals surface area contributed by atoms with Gasteiger partial charge in [-0.2, -0.15) is 0 Å². The molecular formula is C17H20N2O. The van der Waals surface area contributed by atoms with Crippen molar-refractivity contribution in [3.63, 3.8) is 0 Å². The van der Waals surface area contributed by atoms with Crippen molar-refractivity contribution >= 4 is 5.91 Å². The number of benzene rings is 1. The second kappa shape index (κ2) is 5.95. The highest BCUT2D eigenvalue weighted by Gasteiger charge is 2.17. The predicted octanol–water partition coefficient (Wildman–Crippen LogP) is 3.49. The fourth-order valence-electron chi connectivity index (χ4n) is 2.76. The zero-order chi connectivity index (χ0) is 13.8. The average molecular weight is 268 g/mol. The third-order valence-corrected chi connectivity index (χ3v) is 3.89. The van der Waals surface area contributed by atoms with Crippen LogP contribution in [0.4, 0.5) is 0 Å². The Kier molecular flexibility index (Phi) is 3.86. The van der Waals surface area contributed by atoms with E-state index in [1.54, 1.807) is 0 Å². The smallest absolute Gasteiger partial charge is 0.253 e. The summed E-state index contributed by atoms with van der Waals surface area (Å²) in [6.07, 6.45) is 8.73. The highest BCUT2D eigenvalue weighted by Crippen LogP contribution is 2.16. The van der Waals surface area contributed by atoms with Crippen molar-refractivity contribution in [3.05, 3.63) is 54.4 Å². The molecule has 3 heteroatoms. The summed E-state index contributed by atoms with van der Waals surface area (Å²) < 4.78 is 2.03. The van der Waals surface area contributed by atoms with E-state index in [1.165, 1.54) is 12.8 Å². The van der Waals surface area contributed by atoms with Gasteiger partial charge in [-0.25, -0.2) is 0 Å². The molecule has 3 nitrogen and oxygen atoms in total. The maximum atomic E-state index is 12.6. The van der Waals surface area contributed by atoms with Crippen LogP contribution in [0.3, 0.4) is 0 Å². The minimum absolute atomic E-state index is 0.168. The van der Waals surface area contributed by atoms with Crippen molar-refractivity contribution in [3.8, 4) is 5.69 Å². The van der Waals surface area contributed by atoms with Gasteiger partial charge in [0.15, 0.2) is 0 Å². The number of aromatic nitrogens is 1. The normalized spacial score (nSPS) is 15.9. The Morgan fingerprint density at radius 3 is 2.30 bits per heavy atom. The van der Waals surface area contributed by atoms with Gasteiger partial charge in [-0.15, -0.1) is 0 Å². The standard InChI is InChI=1S/C17H20N2O/c20-17(19-12-3-1-2-4-13-19)15-8-7-9-16(14-15)18-10-5-6-11-18/h5-11,14H,1-4,12-13H2. The number of nitrogens with zero attached hydrogens (tertiary/aromatic N) is 2. The van der Waals surface area contributed by atoms with Crippen LogP contribution in [0.1, 0.15) is 36.0 Å². The van der Waals surface area contributed by atoms with Crippen LogP contribution in [0.25, 0.3) is 5.69 Å². The molecule has 20 heavy (non-hydrogen) atoms. The van der Waals surface area contributed by atoms with Crippen molar-refractivity contribution in [2.75, 3.05) is 13.1 Å². The molecule has 2 aromatic rings. The quantitative estimate of drug-likeness (QED) is 0.818. The van der Waals surface area contributed by atoms with Gasteiger partial charge in [0.05, 0.1) is 0 Å². The molecule has 104 valence electrons. The van der Waals surface area contributed by atoms with Gasteiger partial charge in [0.2, 0.25) is 0 Å². The number of carbonyl (C=O) groups excluding carboxylic acids is 1. The molecule has 1 aliphatic heterocycles. The van der Waals surface area contributed by atoms with Crippen molar-refractivity contribution in [1.82, 2.24) is 9.47 Å². The van der Waals surface area contributed by atoms with Crippen LogP contribution in [-0.2, 0) is 0 Å². The molecule has 1 saturated heterocycles. The average Bonchev–Trinajstić information content (AvgIpc) is 2.89. The van der Waals surface area contributed by atoms with Gasteiger partial charge in [0.25, 0.3) is 5.91 Å². The molecular weight excluding hydrogens is 248 g/mol. The second-order valence-corrected chi connectivity index (χ2v) is 5.35. The third kappa shape index (κ3) is 2.77. The topological polar surface area (TPSA) is 25.2 Å². The zero-order valence-corrected chi connectivity index (χ0v) is 11.7. The first-order valence-electron chi connectivity index (χ1n) is 7.37. The first kappa shape index (κ1) is 13.0. The van der Waals surface area contributed by atoms with E-state index in [0.717, 1.165) is 37.2 Å². The Labute approximate surface area is 119 Å². The van der Waals surface area contributed by atoms with E-state index >= 15 is 0 Å². The Morgan fingerprint density at radius 1 is 0.900 bits per heavy atom. The van der Waals surface area contributed by atoms with E-state index in [2.05, 4.69) is 0 Å². The van der Waals surface area contributed by atoms with Gasteiger partial charge in [0, 0.05) is 36.7 Å². The fraction of sp³-hybridized carbons (Fsp3) is 0.353. The number of carbonyl (C=O) groups is 1. The summed E-state index contributed by atoms with van der Waals surface area (Å²) in [6, 6.07) is 11.9. The van der Waals surface area contributed by atoms with Crippen LogP contribution in [0.15, 0.2) is 48.8 Å². The van der Waals surface area contributed by atoms with Gasteiger partial charge >= 0.3 is 0 Å². The largest absolute Gasteiger partial charge is 0.339 e. The van der Waals surface area contributed by atoms with E-state index in [9.17, 15) is 4.79 Å². The summed E-state index contributed by atoms with van der Waals surface area (Å²) in [7, 11) is 0. The second-order valence-electron chi connectivity index (χ2n) is 5.35. The monoisotopic (exact) mass is 268 g/mol. The highest BCUT2D eigenvalue weighted by atomic mass is 16.2. The molecule has 0 aliphatic carbocycles. The molecule has 1 aliphatic rings. The molecule has 0 spiro atoms. The number of hydrogen-bond acceptors (Lipinski definition) is 1. The molecule has 0 unspecified atom stereocenters. The molecule has 0 bridgehead atoms. The lowest BCUT2D eigenvalue weighted by molar-refractivity contribution is 0.0761. The highest BCUT2D eigenvalue weighted by molar-refractivity contribution is 5.94. The van der Waals surface area contributed by atoms with Gasteiger partial charge in [0.1, 0.15) is 0 Å². The van der Waals surface area contributed by atoms with E-state index < -0.39 is 0 Å². The maximum Gasteiger partial charge on any atom is 0.253 e. The number of rotatable bonds is 2. The van der Waals surface area contributed by atoms with Gasteiger partial charge in [-0.05, 0) is 43.2 Å². The number of hydrogen-bond donors (Lipinski definition) is 0. The van der Waals surface area contributed by atoms with Crippen LogP contribution >= 0.6 is 0 Å². The SMILES string of the molecule is O=C(c1cccc(-n2cccc2)c1)N1CCCCCC1. The summed E-state index contributed by atoms with van der Waals surface area (Å²) in [5.74, 6) is 0.168. The Bertz CT molecular complexity index is 566. The molecule has 2 heterocycles. The first-order valence-corrected chi connectivity index (χ1v) is 7.37. The summed E-state index contributed by atoms with van der Waals surface area (Å²) in [4.78, 5) is 14.6. The summed E-state index contributed by atoms with van der Waals surface area (Å²) in [6.45, 7) is 1.79. The Morgan fingerprint density at radius 2 is 1.60 bits per heavy atom. The maximum absolute atomic E-state index is 12.6. The molecule has 1 aromatic heterocycles. The van der Waals surface area contributed by atoms with Gasteiger partial charge in [-0.3, -0.25) is 4.79 Å².